The molecule has 1 rings (SSSR count). The second-order valence-electron chi connectivity index (χ2n) is 4.58. The van der Waals surface area contributed by atoms with Crippen LogP contribution in [-0.4, -0.2) is 48.3 Å². The monoisotopic (exact) mass is 214 g/mol. The van der Waals surface area contributed by atoms with Crippen molar-refractivity contribution < 1.29 is 5.11 Å². The van der Waals surface area contributed by atoms with Crippen molar-refractivity contribution in [2.75, 3.05) is 26.2 Å². The molecule has 0 amide bonds. The van der Waals surface area contributed by atoms with Gasteiger partial charge in [-0.25, -0.2) is 0 Å². The number of aliphatic hydroxyl groups is 1. The molecule has 90 valence electrons. The highest BCUT2D eigenvalue weighted by Crippen LogP contribution is 2.07. The summed E-state index contributed by atoms with van der Waals surface area (Å²) in [6.07, 6.45) is 4.68. The highest BCUT2D eigenvalue weighted by Gasteiger charge is 2.16. The molecule has 0 bridgehead atoms. The molecule has 1 saturated heterocycles. The third-order valence-corrected chi connectivity index (χ3v) is 3.30. The van der Waals surface area contributed by atoms with Crippen LogP contribution in [0, 0.1) is 0 Å². The molecule has 3 nitrogen and oxygen atoms in total. The Hall–Kier alpha value is -0.120. The number of hydrogen-bond acceptors (Lipinski definition) is 3. The van der Waals surface area contributed by atoms with Crippen molar-refractivity contribution in [2.24, 2.45) is 0 Å². The third-order valence-electron chi connectivity index (χ3n) is 3.30. The van der Waals surface area contributed by atoms with Crippen molar-refractivity contribution in [1.82, 2.24) is 10.2 Å². The fourth-order valence-electron chi connectivity index (χ4n) is 2.21. The summed E-state index contributed by atoms with van der Waals surface area (Å²) in [5.74, 6) is 0. The van der Waals surface area contributed by atoms with Crippen LogP contribution in [0.2, 0.25) is 0 Å². The van der Waals surface area contributed by atoms with Crippen LogP contribution in [-0.2, 0) is 0 Å². The van der Waals surface area contributed by atoms with Gasteiger partial charge in [0, 0.05) is 19.1 Å². The summed E-state index contributed by atoms with van der Waals surface area (Å²) in [5, 5.41) is 13.3. The molecule has 2 N–H and O–H groups in total. The summed E-state index contributed by atoms with van der Waals surface area (Å²) >= 11 is 0. The van der Waals surface area contributed by atoms with Crippen LogP contribution in [0.25, 0.3) is 0 Å². The molecule has 0 spiro atoms. The first-order valence-corrected chi connectivity index (χ1v) is 6.40. The van der Waals surface area contributed by atoms with Gasteiger partial charge in [-0.1, -0.05) is 13.8 Å². The number of aliphatic hydroxyl groups excluding tert-OH is 1. The molecular weight excluding hydrogens is 188 g/mol. The van der Waals surface area contributed by atoms with Gasteiger partial charge in [0.05, 0.1) is 6.10 Å². The summed E-state index contributed by atoms with van der Waals surface area (Å²) in [6.45, 7) is 8.29. The molecule has 15 heavy (non-hydrogen) atoms. The second kappa shape index (κ2) is 7.20. The Morgan fingerprint density at radius 3 is 2.33 bits per heavy atom. The maximum absolute atomic E-state index is 9.85. The van der Waals surface area contributed by atoms with Gasteiger partial charge >= 0.3 is 0 Å². The van der Waals surface area contributed by atoms with E-state index in [-0.39, 0.29) is 6.10 Å². The van der Waals surface area contributed by atoms with Crippen LogP contribution in [0.3, 0.4) is 0 Å². The highest BCUT2D eigenvalue weighted by molar-refractivity contribution is 4.73. The molecule has 1 fully saturated rings. The van der Waals surface area contributed by atoms with Crippen LogP contribution in [0.4, 0.5) is 0 Å². The summed E-state index contributed by atoms with van der Waals surface area (Å²) in [5.41, 5.74) is 0. The van der Waals surface area contributed by atoms with E-state index in [0.717, 1.165) is 25.9 Å². The average Bonchev–Trinajstić information content (AvgIpc) is 2.72. The number of likely N-dealkylation sites (tertiary alicyclic amines) is 1. The number of hydrogen-bond donors (Lipinski definition) is 2. The molecule has 0 aromatic heterocycles. The summed E-state index contributed by atoms with van der Waals surface area (Å²) in [6, 6.07) is 0.568. The Kier molecular flexibility index (Phi) is 6.22. The van der Waals surface area contributed by atoms with Gasteiger partial charge in [0.15, 0.2) is 0 Å². The zero-order chi connectivity index (χ0) is 11.1. The Morgan fingerprint density at radius 2 is 1.80 bits per heavy atom. The Bertz CT molecular complexity index is 154. The Balaban J connectivity index is 2.09. The van der Waals surface area contributed by atoms with Gasteiger partial charge in [-0.2, -0.15) is 0 Å². The normalized spacial score (nSPS) is 20.0. The fourth-order valence-corrected chi connectivity index (χ4v) is 2.21. The minimum absolute atomic E-state index is 0.205. The molecule has 0 aliphatic carbocycles. The van der Waals surface area contributed by atoms with Gasteiger partial charge in [-0.3, -0.25) is 0 Å². The van der Waals surface area contributed by atoms with E-state index >= 15 is 0 Å². The van der Waals surface area contributed by atoms with E-state index in [1.165, 1.54) is 25.9 Å². The van der Waals surface area contributed by atoms with Gasteiger partial charge < -0.3 is 15.3 Å². The van der Waals surface area contributed by atoms with Crippen molar-refractivity contribution in [3.63, 3.8) is 0 Å². The minimum Gasteiger partial charge on any atom is -0.390 e. The van der Waals surface area contributed by atoms with Gasteiger partial charge in [0.2, 0.25) is 0 Å². The van der Waals surface area contributed by atoms with Gasteiger partial charge in [0.1, 0.15) is 0 Å². The van der Waals surface area contributed by atoms with Crippen LogP contribution in [0.15, 0.2) is 0 Å². The standard InChI is InChI=1S/C12H26N2O/c1-3-11(4-2)13-9-12(15)10-14-7-5-6-8-14/h11-13,15H,3-10H2,1-2H3. The fraction of sp³-hybridized carbons (Fsp3) is 1.00. The lowest BCUT2D eigenvalue weighted by Gasteiger charge is -2.22. The number of nitrogens with one attached hydrogen (secondary N) is 1. The highest BCUT2D eigenvalue weighted by atomic mass is 16.3. The first-order chi connectivity index (χ1) is 7.26. The van der Waals surface area contributed by atoms with Crippen molar-refractivity contribution in [2.45, 2.75) is 51.7 Å². The molecule has 0 aromatic rings. The molecule has 1 heterocycles. The van der Waals surface area contributed by atoms with E-state index in [2.05, 4.69) is 24.1 Å². The van der Waals surface area contributed by atoms with Crippen molar-refractivity contribution in [3.05, 3.63) is 0 Å². The SMILES string of the molecule is CCC(CC)NCC(O)CN1CCCC1. The number of β-amino-alcohol motifs (C(OH)–C–C–N with tert-alkyl or cyclic N) is 1. The maximum Gasteiger partial charge on any atom is 0.0791 e. The molecule has 0 radical (unpaired) electrons. The molecule has 1 aliphatic rings. The predicted octanol–water partition coefficient (Wildman–Crippen LogP) is 1.22. The van der Waals surface area contributed by atoms with Crippen LogP contribution in [0.1, 0.15) is 39.5 Å². The van der Waals surface area contributed by atoms with E-state index in [1.54, 1.807) is 0 Å². The number of rotatable bonds is 7. The summed E-state index contributed by atoms with van der Waals surface area (Å²) < 4.78 is 0. The van der Waals surface area contributed by atoms with Gasteiger partial charge in [0.25, 0.3) is 0 Å². The van der Waals surface area contributed by atoms with E-state index < -0.39 is 0 Å². The molecule has 1 aliphatic heterocycles. The maximum atomic E-state index is 9.85. The average molecular weight is 214 g/mol. The quantitative estimate of drug-likeness (QED) is 0.669. The Morgan fingerprint density at radius 1 is 1.20 bits per heavy atom. The van der Waals surface area contributed by atoms with Crippen molar-refractivity contribution in [1.29, 1.82) is 0 Å². The van der Waals surface area contributed by atoms with E-state index in [4.69, 9.17) is 0 Å². The minimum atomic E-state index is -0.205. The molecule has 1 atom stereocenters. The molecule has 1 unspecified atom stereocenters. The third kappa shape index (κ3) is 4.96. The van der Waals surface area contributed by atoms with Crippen LogP contribution in [0.5, 0.6) is 0 Å². The predicted molar refractivity (Wildman–Crippen MR) is 64.1 cm³/mol. The molecule has 3 heteroatoms. The largest absolute Gasteiger partial charge is 0.390 e. The zero-order valence-electron chi connectivity index (χ0n) is 10.2. The molecular formula is C12H26N2O. The second-order valence-corrected chi connectivity index (χ2v) is 4.58. The van der Waals surface area contributed by atoms with Gasteiger partial charge in [-0.15, -0.1) is 0 Å². The first-order valence-electron chi connectivity index (χ1n) is 6.40. The van der Waals surface area contributed by atoms with Crippen molar-refractivity contribution >= 4 is 0 Å². The van der Waals surface area contributed by atoms with Crippen LogP contribution >= 0.6 is 0 Å². The summed E-state index contributed by atoms with van der Waals surface area (Å²) in [4.78, 5) is 2.36. The van der Waals surface area contributed by atoms with Crippen molar-refractivity contribution in [3.8, 4) is 0 Å². The Labute approximate surface area is 93.9 Å². The lowest BCUT2D eigenvalue weighted by Crippen LogP contribution is -2.40. The first kappa shape index (κ1) is 12.9. The zero-order valence-corrected chi connectivity index (χ0v) is 10.2. The molecule has 0 aromatic carbocycles. The van der Waals surface area contributed by atoms with E-state index in [9.17, 15) is 5.11 Å². The smallest absolute Gasteiger partial charge is 0.0791 e. The summed E-state index contributed by atoms with van der Waals surface area (Å²) in [7, 11) is 0. The van der Waals surface area contributed by atoms with E-state index in [1.807, 2.05) is 0 Å². The lowest BCUT2D eigenvalue weighted by molar-refractivity contribution is 0.120. The lowest BCUT2D eigenvalue weighted by atomic mass is 10.1. The molecule has 0 saturated carbocycles. The van der Waals surface area contributed by atoms with Gasteiger partial charge in [-0.05, 0) is 38.8 Å². The van der Waals surface area contributed by atoms with E-state index in [0.29, 0.717) is 6.04 Å². The number of nitrogens with zero attached hydrogens (tertiary/aromatic N) is 1. The topological polar surface area (TPSA) is 35.5 Å². The van der Waals surface area contributed by atoms with Crippen LogP contribution < -0.4 is 5.32 Å².